The van der Waals surface area contributed by atoms with Crippen LogP contribution in [0.15, 0.2) is 60.9 Å². The van der Waals surface area contributed by atoms with Crippen LogP contribution in [0.1, 0.15) is 34.7 Å². The summed E-state index contributed by atoms with van der Waals surface area (Å²) < 4.78 is 15.1. The second-order valence-corrected chi connectivity index (χ2v) is 6.11. The number of anilines is 1. The van der Waals surface area contributed by atoms with E-state index >= 15 is 0 Å². The number of imidazole rings is 1. The van der Waals surface area contributed by atoms with Crippen molar-refractivity contribution in [1.82, 2.24) is 14.9 Å². The molecule has 7 heteroatoms. The zero-order valence-electron chi connectivity index (χ0n) is 14.9. The maximum atomic E-state index is 13.3. The fourth-order valence-corrected chi connectivity index (χ4v) is 2.73. The lowest BCUT2D eigenvalue weighted by Crippen LogP contribution is -2.31. The number of nitrogens with one attached hydrogen (secondary N) is 2. The molecule has 0 saturated carbocycles. The molecule has 0 aliphatic carbocycles. The van der Waals surface area contributed by atoms with E-state index < -0.39 is 6.04 Å². The zero-order valence-corrected chi connectivity index (χ0v) is 14.9. The molecule has 0 aliphatic rings. The molecule has 1 heterocycles. The minimum Gasteiger partial charge on any atom is -0.338 e. The number of aryl methyl sites for hydroxylation is 1. The lowest BCUT2D eigenvalue weighted by atomic mass is 10.0. The first-order valence-corrected chi connectivity index (χ1v) is 8.35. The van der Waals surface area contributed by atoms with E-state index in [1.165, 1.54) is 19.1 Å². The molecule has 0 saturated heterocycles. The van der Waals surface area contributed by atoms with Crippen LogP contribution in [0.4, 0.5) is 10.1 Å². The normalized spacial score (nSPS) is 11.7. The summed E-state index contributed by atoms with van der Waals surface area (Å²) in [4.78, 5) is 28.1. The van der Waals surface area contributed by atoms with Crippen molar-refractivity contribution in [2.24, 2.45) is 7.05 Å². The van der Waals surface area contributed by atoms with Gasteiger partial charge in [0.05, 0.1) is 0 Å². The number of halogens is 1. The van der Waals surface area contributed by atoms with Crippen LogP contribution in [-0.4, -0.2) is 21.4 Å². The monoisotopic (exact) mass is 366 g/mol. The van der Waals surface area contributed by atoms with Crippen molar-refractivity contribution in [1.29, 1.82) is 0 Å². The molecule has 3 rings (SSSR count). The quantitative estimate of drug-likeness (QED) is 0.729. The highest BCUT2D eigenvalue weighted by atomic mass is 19.1. The standard InChI is InChI=1S/C20H19FN4O2/c1-13(26)23-17-9-5-15(6-10-17)20(27)24-18(19-22-11-12-25(19)2)14-3-7-16(21)8-4-14/h3-12,18H,1-2H3,(H,23,26)(H,24,27). The van der Waals surface area contributed by atoms with Crippen LogP contribution in [0, 0.1) is 5.82 Å². The van der Waals surface area contributed by atoms with E-state index in [0.29, 0.717) is 22.6 Å². The van der Waals surface area contributed by atoms with Crippen molar-refractivity contribution in [3.05, 3.63) is 83.7 Å². The number of aromatic nitrogens is 2. The van der Waals surface area contributed by atoms with Crippen LogP contribution in [0.3, 0.4) is 0 Å². The minimum absolute atomic E-state index is 0.182. The molecule has 0 fully saturated rings. The van der Waals surface area contributed by atoms with Gasteiger partial charge in [0.25, 0.3) is 5.91 Å². The zero-order chi connectivity index (χ0) is 19.4. The van der Waals surface area contributed by atoms with E-state index in [4.69, 9.17) is 0 Å². The van der Waals surface area contributed by atoms with Crippen molar-refractivity contribution in [3.63, 3.8) is 0 Å². The Morgan fingerprint density at radius 1 is 1.07 bits per heavy atom. The number of carbonyl (C=O) groups excluding carboxylic acids is 2. The van der Waals surface area contributed by atoms with E-state index in [9.17, 15) is 14.0 Å². The third kappa shape index (κ3) is 4.38. The van der Waals surface area contributed by atoms with Gasteiger partial charge in [0, 0.05) is 37.6 Å². The van der Waals surface area contributed by atoms with Crippen LogP contribution >= 0.6 is 0 Å². The van der Waals surface area contributed by atoms with Gasteiger partial charge >= 0.3 is 0 Å². The molecule has 1 aromatic heterocycles. The molecule has 0 bridgehead atoms. The molecule has 1 atom stereocenters. The first kappa shape index (κ1) is 18.3. The number of carbonyl (C=O) groups is 2. The lowest BCUT2D eigenvalue weighted by Gasteiger charge is -2.19. The van der Waals surface area contributed by atoms with Gasteiger partial charge in [0.15, 0.2) is 0 Å². The third-order valence-corrected chi connectivity index (χ3v) is 4.06. The van der Waals surface area contributed by atoms with E-state index in [0.717, 1.165) is 0 Å². The Balaban J connectivity index is 1.85. The fourth-order valence-electron chi connectivity index (χ4n) is 2.73. The van der Waals surface area contributed by atoms with Crippen LogP contribution in [0.5, 0.6) is 0 Å². The van der Waals surface area contributed by atoms with Gasteiger partial charge in [-0.15, -0.1) is 0 Å². The molecule has 3 aromatic rings. The number of rotatable bonds is 5. The molecule has 0 radical (unpaired) electrons. The largest absolute Gasteiger partial charge is 0.338 e. The second-order valence-electron chi connectivity index (χ2n) is 6.11. The average Bonchev–Trinajstić information content (AvgIpc) is 3.06. The molecular weight excluding hydrogens is 347 g/mol. The number of amides is 2. The van der Waals surface area contributed by atoms with Crippen LogP contribution < -0.4 is 10.6 Å². The summed E-state index contributed by atoms with van der Waals surface area (Å²) in [7, 11) is 1.83. The lowest BCUT2D eigenvalue weighted by molar-refractivity contribution is -0.114. The Morgan fingerprint density at radius 3 is 2.30 bits per heavy atom. The molecular formula is C20H19FN4O2. The van der Waals surface area contributed by atoms with Crippen molar-refractivity contribution >= 4 is 17.5 Å². The van der Waals surface area contributed by atoms with Gasteiger partial charge in [-0.3, -0.25) is 9.59 Å². The minimum atomic E-state index is -0.534. The van der Waals surface area contributed by atoms with Gasteiger partial charge < -0.3 is 15.2 Å². The Labute approximate surface area is 156 Å². The Hall–Kier alpha value is -3.48. The van der Waals surface area contributed by atoms with Gasteiger partial charge in [-0.1, -0.05) is 12.1 Å². The summed E-state index contributed by atoms with van der Waals surface area (Å²) in [5, 5.41) is 5.59. The van der Waals surface area contributed by atoms with E-state index in [-0.39, 0.29) is 17.6 Å². The summed E-state index contributed by atoms with van der Waals surface area (Å²) in [5.74, 6) is -0.206. The van der Waals surface area contributed by atoms with E-state index in [1.54, 1.807) is 53.4 Å². The summed E-state index contributed by atoms with van der Waals surface area (Å²) in [6.07, 6.45) is 3.42. The first-order valence-electron chi connectivity index (χ1n) is 8.35. The van der Waals surface area contributed by atoms with Crippen molar-refractivity contribution < 1.29 is 14.0 Å². The van der Waals surface area contributed by atoms with E-state index in [1.807, 2.05) is 7.05 Å². The van der Waals surface area contributed by atoms with Crippen molar-refractivity contribution in [2.75, 3.05) is 5.32 Å². The summed E-state index contributed by atoms with van der Waals surface area (Å²) in [6.45, 7) is 1.42. The first-order chi connectivity index (χ1) is 12.9. The molecule has 0 spiro atoms. The fraction of sp³-hybridized carbons (Fsp3) is 0.150. The third-order valence-electron chi connectivity index (χ3n) is 4.06. The predicted molar refractivity (Wildman–Crippen MR) is 99.7 cm³/mol. The van der Waals surface area contributed by atoms with Gasteiger partial charge in [0.2, 0.25) is 5.91 Å². The van der Waals surface area contributed by atoms with Crippen LogP contribution in [0.25, 0.3) is 0 Å². The molecule has 2 aromatic carbocycles. The van der Waals surface area contributed by atoms with Gasteiger partial charge in [-0.05, 0) is 42.0 Å². The Kier molecular flexibility index (Phi) is 5.30. The van der Waals surface area contributed by atoms with Crippen molar-refractivity contribution in [2.45, 2.75) is 13.0 Å². The average molecular weight is 366 g/mol. The SMILES string of the molecule is CC(=O)Nc1ccc(C(=O)NC(c2ccc(F)cc2)c2nccn2C)cc1. The summed E-state index contributed by atoms with van der Waals surface area (Å²) in [5.41, 5.74) is 1.76. The molecule has 27 heavy (non-hydrogen) atoms. The molecule has 0 aliphatic heterocycles. The summed E-state index contributed by atoms with van der Waals surface area (Å²) in [6, 6.07) is 12.0. The predicted octanol–water partition coefficient (Wildman–Crippen LogP) is 3.04. The maximum Gasteiger partial charge on any atom is 0.252 e. The van der Waals surface area contributed by atoms with Crippen molar-refractivity contribution in [3.8, 4) is 0 Å². The second kappa shape index (κ2) is 7.82. The highest BCUT2D eigenvalue weighted by Gasteiger charge is 2.21. The van der Waals surface area contributed by atoms with E-state index in [2.05, 4.69) is 15.6 Å². The Bertz CT molecular complexity index is 949. The molecule has 1 unspecified atom stereocenters. The summed E-state index contributed by atoms with van der Waals surface area (Å²) >= 11 is 0. The number of hydrogen-bond donors (Lipinski definition) is 2. The van der Waals surface area contributed by atoms with Gasteiger partial charge in [-0.25, -0.2) is 9.37 Å². The molecule has 2 amide bonds. The number of hydrogen-bond acceptors (Lipinski definition) is 3. The highest BCUT2D eigenvalue weighted by Crippen LogP contribution is 2.22. The number of nitrogens with zero attached hydrogens (tertiary/aromatic N) is 2. The van der Waals surface area contributed by atoms with Crippen LogP contribution in [-0.2, 0) is 11.8 Å². The topological polar surface area (TPSA) is 76.0 Å². The maximum absolute atomic E-state index is 13.3. The highest BCUT2D eigenvalue weighted by molar-refractivity contribution is 5.95. The smallest absolute Gasteiger partial charge is 0.252 e. The molecule has 2 N–H and O–H groups in total. The van der Waals surface area contributed by atoms with Crippen LogP contribution in [0.2, 0.25) is 0 Å². The van der Waals surface area contributed by atoms with Gasteiger partial charge in [0.1, 0.15) is 17.7 Å². The number of benzene rings is 2. The van der Waals surface area contributed by atoms with Gasteiger partial charge in [-0.2, -0.15) is 0 Å². The molecule has 6 nitrogen and oxygen atoms in total. The molecule has 138 valence electrons. The Morgan fingerprint density at radius 2 is 1.74 bits per heavy atom.